The van der Waals surface area contributed by atoms with E-state index in [-0.39, 0.29) is 5.69 Å². The minimum atomic E-state index is -0.446. The summed E-state index contributed by atoms with van der Waals surface area (Å²) in [6, 6.07) is 13.8. The Kier molecular flexibility index (Phi) is 6.22. The number of nitriles is 1. The smallest absolute Gasteiger partial charge is 0.269 e. The molecular formula is C21H17N3O4S. The van der Waals surface area contributed by atoms with Crippen LogP contribution in [-0.4, -0.2) is 23.6 Å². The van der Waals surface area contributed by atoms with Gasteiger partial charge in [-0.25, -0.2) is 4.98 Å². The molecule has 0 unspecified atom stereocenters. The van der Waals surface area contributed by atoms with Crippen molar-refractivity contribution in [3.63, 3.8) is 0 Å². The third-order valence-electron chi connectivity index (χ3n) is 4.03. The number of nitro groups is 1. The summed E-state index contributed by atoms with van der Waals surface area (Å²) in [6.07, 6.45) is 1.74. The summed E-state index contributed by atoms with van der Waals surface area (Å²) in [4.78, 5) is 14.9. The summed E-state index contributed by atoms with van der Waals surface area (Å²) in [5, 5.41) is 22.8. The molecule has 8 heteroatoms. The van der Waals surface area contributed by atoms with Crippen molar-refractivity contribution in [1.82, 2.24) is 4.98 Å². The van der Waals surface area contributed by atoms with E-state index in [4.69, 9.17) is 9.47 Å². The Balaban J connectivity index is 1.90. The molecule has 0 radical (unpaired) electrons. The lowest BCUT2D eigenvalue weighted by molar-refractivity contribution is -0.384. The van der Waals surface area contributed by atoms with Gasteiger partial charge in [0.2, 0.25) is 0 Å². The number of nitro benzene ring substituents is 1. The number of nitrogens with zero attached hydrogens (tertiary/aromatic N) is 3. The molecule has 0 amide bonds. The molecular weight excluding hydrogens is 390 g/mol. The van der Waals surface area contributed by atoms with Crippen molar-refractivity contribution in [3.8, 4) is 28.8 Å². The zero-order valence-electron chi connectivity index (χ0n) is 15.8. The Hall–Kier alpha value is -3.70. The van der Waals surface area contributed by atoms with Gasteiger partial charge in [-0.15, -0.1) is 11.3 Å². The van der Waals surface area contributed by atoms with Gasteiger partial charge < -0.3 is 9.47 Å². The summed E-state index contributed by atoms with van der Waals surface area (Å²) in [6.45, 7) is 2.39. The van der Waals surface area contributed by atoms with Crippen LogP contribution in [0, 0.1) is 21.4 Å². The van der Waals surface area contributed by atoms with E-state index in [0.29, 0.717) is 34.4 Å². The summed E-state index contributed by atoms with van der Waals surface area (Å²) in [5.74, 6) is 1.23. The van der Waals surface area contributed by atoms with Gasteiger partial charge in [-0.1, -0.05) is 6.07 Å². The zero-order valence-corrected chi connectivity index (χ0v) is 16.6. The fourth-order valence-corrected chi connectivity index (χ4v) is 3.44. The first-order chi connectivity index (χ1) is 14.0. The molecule has 0 aliphatic rings. The molecule has 1 heterocycles. The maximum Gasteiger partial charge on any atom is 0.269 e. The molecule has 29 heavy (non-hydrogen) atoms. The molecule has 3 aromatic rings. The summed E-state index contributed by atoms with van der Waals surface area (Å²) < 4.78 is 10.9. The molecule has 146 valence electrons. The number of rotatable bonds is 7. The second-order valence-corrected chi connectivity index (χ2v) is 6.71. The minimum Gasteiger partial charge on any atom is -0.493 e. The van der Waals surface area contributed by atoms with E-state index in [0.717, 1.165) is 11.1 Å². The molecule has 0 saturated carbocycles. The lowest BCUT2D eigenvalue weighted by Gasteiger charge is -2.09. The third kappa shape index (κ3) is 4.59. The highest BCUT2D eigenvalue weighted by atomic mass is 32.1. The Bertz CT molecular complexity index is 1100. The van der Waals surface area contributed by atoms with Crippen LogP contribution in [0.3, 0.4) is 0 Å². The first kappa shape index (κ1) is 20.0. The highest BCUT2D eigenvalue weighted by Crippen LogP contribution is 2.31. The lowest BCUT2D eigenvalue weighted by atomic mass is 10.1. The average Bonchev–Trinajstić information content (AvgIpc) is 3.22. The number of thiazole rings is 1. The van der Waals surface area contributed by atoms with Crippen molar-refractivity contribution in [3.05, 3.63) is 68.5 Å². The normalized spacial score (nSPS) is 11.0. The van der Waals surface area contributed by atoms with Gasteiger partial charge in [0, 0.05) is 23.1 Å². The predicted molar refractivity (Wildman–Crippen MR) is 112 cm³/mol. The van der Waals surface area contributed by atoms with Crippen LogP contribution >= 0.6 is 11.3 Å². The van der Waals surface area contributed by atoms with Crippen LogP contribution in [0.2, 0.25) is 0 Å². The van der Waals surface area contributed by atoms with Crippen LogP contribution in [0.15, 0.2) is 47.8 Å². The van der Waals surface area contributed by atoms with Crippen LogP contribution in [0.25, 0.3) is 22.9 Å². The van der Waals surface area contributed by atoms with Crippen LogP contribution in [0.4, 0.5) is 5.69 Å². The molecule has 3 rings (SSSR count). The fraction of sp³-hybridized carbons (Fsp3) is 0.143. The Morgan fingerprint density at radius 1 is 1.28 bits per heavy atom. The highest BCUT2D eigenvalue weighted by molar-refractivity contribution is 7.11. The van der Waals surface area contributed by atoms with E-state index in [1.807, 2.05) is 24.4 Å². The van der Waals surface area contributed by atoms with Gasteiger partial charge in [-0.05, 0) is 42.8 Å². The standard InChI is InChI=1S/C21H17N3O4S/c1-3-28-20-11-14(4-9-19(20)27-2)10-16(12-22)21-23-18(13-29-21)15-5-7-17(8-6-15)24(25)26/h4-11,13H,3H2,1-2H3/b16-10+. The number of allylic oxidation sites excluding steroid dienone is 1. The number of hydrogen-bond donors (Lipinski definition) is 0. The average molecular weight is 407 g/mol. The SMILES string of the molecule is CCOc1cc(/C=C(\C#N)c2nc(-c3ccc([N+](=O)[O-])cc3)cs2)ccc1OC. The van der Waals surface area contributed by atoms with E-state index < -0.39 is 4.92 Å². The highest BCUT2D eigenvalue weighted by Gasteiger charge is 2.12. The lowest BCUT2D eigenvalue weighted by Crippen LogP contribution is -1.95. The van der Waals surface area contributed by atoms with Gasteiger partial charge in [-0.3, -0.25) is 10.1 Å². The third-order valence-corrected chi connectivity index (χ3v) is 4.90. The maximum atomic E-state index is 10.8. The second-order valence-electron chi connectivity index (χ2n) is 5.86. The summed E-state index contributed by atoms with van der Waals surface area (Å²) in [5.41, 5.74) is 2.63. The second kappa shape index (κ2) is 8.99. The minimum absolute atomic E-state index is 0.0198. The van der Waals surface area contributed by atoms with Crippen molar-refractivity contribution < 1.29 is 14.4 Å². The van der Waals surface area contributed by atoms with E-state index in [1.165, 1.54) is 23.5 Å². The number of non-ortho nitro benzene ring substituents is 1. The van der Waals surface area contributed by atoms with E-state index in [2.05, 4.69) is 11.1 Å². The van der Waals surface area contributed by atoms with E-state index >= 15 is 0 Å². The Morgan fingerprint density at radius 3 is 2.66 bits per heavy atom. The molecule has 0 spiro atoms. The van der Waals surface area contributed by atoms with Crippen molar-refractivity contribution >= 4 is 28.7 Å². The topological polar surface area (TPSA) is 98.3 Å². The number of ether oxygens (including phenoxy) is 2. The van der Waals surface area contributed by atoms with Gasteiger partial charge in [0.15, 0.2) is 11.5 Å². The quantitative estimate of drug-likeness (QED) is 0.304. The predicted octanol–water partition coefficient (Wildman–Crippen LogP) is 5.19. The zero-order chi connectivity index (χ0) is 20.8. The number of benzene rings is 2. The number of aromatic nitrogens is 1. The van der Waals surface area contributed by atoms with E-state index in [9.17, 15) is 15.4 Å². The monoisotopic (exact) mass is 407 g/mol. The van der Waals surface area contributed by atoms with E-state index in [1.54, 1.807) is 31.4 Å². The van der Waals surface area contributed by atoms with Gasteiger partial charge >= 0.3 is 0 Å². The van der Waals surface area contributed by atoms with Crippen LogP contribution in [0.5, 0.6) is 11.5 Å². The van der Waals surface area contributed by atoms with Gasteiger partial charge in [0.1, 0.15) is 11.1 Å². The molecule has 0 aliphatic carbocycles. The molecule has 0 bridgehead atoms. The summed E-state index contributed by atoms with van der Waals surface area (Å²) >= 11 is 1.34. The molecule has 0 atom stereocenters. The molecule has 0 N–H and O–H groups in total. The first-order valence-corrected chi connectivity index (χ1v) is 9.57. The van der Waals surface area contributed by atoms with Crippen LogP contribution in [0.1, 0.15) is 17.5 Å². The number of methoxy groups -OCH3 is 1. The Morgan fingerprint density at radius 2 is 2.03 bits per heavy atom. The number of hydrogen-bond acceptors (Lipinski definition) is 7. The molecule has 7 nitrogen and oxygen atoms in total. The van der Waals surface area contributed by atoms with Crippen molar-refractivity contribution in [2.24, 2.45) is 0 Å². The first-order valence-electron chi connectivity index (χ1n) is 8.69. The summed E-state index contributed by atoms with van der Waals surface area (Å²) in [7, 11) is 1.57. The maximum absolute atomic E-state index is 10.8. The molecule has 0 aliphatic heterocycles. The largest absolute Gasteiger partial charge is 0.493 e. The Labute approximate surface area is 171 Å². The van der Waals surface area contributed by atoms with Crippen molar-refractivity contribution in [1.29, 1.82) is 5.26 Å². The van der Waals surface area contributed by atoms with Crippen LogP contribution < -0.4 is 9.47 Å². The van der Waals surface area contributed by atoms with Gasteiger partial charge in [0.05, 0.1) is 29.9 Å². The molecule has 0 saturated heterocycles. The fourth-order valence-electron chi connectivity index (χ4n) is 2.64. The molecule has 0 fully saturated rings. The van der Waals surface area contributed by atoms with Crippen molar-refractivity contribution in [2.75, 3.05) is 13.7 Å². The molecule has 2 aromatic carbocycles. The van der Waals surface area contributed by atoms with Crippen LogP contribution in [-0.2, 0) is 0 Å². The molecule has 1 aromatic heterocycles. The van der Waals surface area contributed by atoms with Gasteiger partial charge in [0.25, 0.3) is 5.69 Å². The van der Waals surface area contributed by atoms with Gasteiger partial charge in [-0.2, -0.15) is 5.26 Å². The van der Waals surface area contributed by atoms with Crippen molar-refractivity contribution in [2.45, 2.75) is 6.92 Å².